The summed E-state index contributed by atoms with van der Waals surface area (Å²) in [5.74, 6) is -0.344. The Hall–Kier alpha value is -2.07. The smallest absolute Gasteiger partial charge is 0.381 e. The third kappa shape index (κ3) is 2.98. The van der Waals surface area contributed by atoms with Gasteiger partial charge >= 0.3 is 6.18 Å². The number of nitriles is 1. The van der Waals surface area contributed by atoms with Crippen molar-refractivity contribution in [2.45, 2.75) is 24.9 Å². The molecule has 24 heavy (non-hydrogen) atoms. The van der Waals surface area contributed by atoms with E-state index in [2.05, 4.69) is 6.07 Å². The molecule has 3 rings (SSSR count). The van der Waals surface area contributed by atoms with Crippen LogP contribution >= 0.6 is 0 Å². The molecule has 0 spiro atoms. The van der Waals surface area contributed by atoms with Gasteiger partial charge in [-0.1, -0.05) is 18.2 Å². The van der Waals surface area contributed by atoms with Crippen LogP contribution in [-0.2, 0) is 15.7 Å². The highest BCUT2D eigenvalue weighted by Gasteiger charge is 2.46. The van der Waals surface area contributed by atoms with E-state index in [1.807, 2.05) is 0 Å². The van der Waals surface area contributed by atoms with E-state index in [1.54, 1.807) is 11.0 Å². The van der Waals surface area contributed by atoms with Crippen LogP contribution in [0, 0.1) is 16.7 Å². The zero-order chi connectivity index (χ0) is 17.4. The van der Waals surface area contributed by atoms with E-state index >= 15 is 0 Å². The maximum atomic E-state index is 12.8. The van der Waals surface area contributed by atoms with Crippen molar-refractivity contribution < 1.29 is 22.7 Å². The standard InChI is InChI=1S/C17H17F3N2O2/c18-17(19,20)14-3-1-2-12(8-14)13-9-22(10-13)15(23)16(11-21)4-6-24-7-5-16/h1-3,8,13H,4-7,9-10H2. The fourth-order valence-electron chi connectivity index (χ4n) is 3.22. The van der Waals surface area contributed by atoms with Gasteiger partial charge in [0.15, 0.2) is 0 Å². The number of hydrogen-bond acceptors (Lipinski definition) is 3. The van der Waals surface area contributed by atoms with E-state index in [9.17, 15) is 23.2 Å². The predicted molar refractivity (Wildman–Crippen MR) is 78.9 cm³/mol. The average Bonchev–Trinajstić information content (AvgIpc) is 2.53. The van der Waals surface area contributed by atoms with Crippen molar-refractivity contribution in [3.05, 3.63) is 35.4 Å². The molecule has 0 N–H and O–H groups in total. The van der Waals surface area contributed by atoms with Crippen LogP contribution in [0.25, 0.3) is 0 Å². The van der Waals surface area contributed by atoms with Crippen molar-refractivity contribution in [1.82, 2.24) is 4.90 Å². The third-order valence-corrected chi connectivity index (χ3v) is 4.82. The summed E-state index contributed by atoms with van der Waals surface area (Å²) >= 11 is 0. The first-order valence-corrected chi connectivity index (χ1v) is 7.81. The van der Waals surface area contributed by atoms with Gasteiger partial charge in [-0.25, -0.2) is 0 Å². The van der Waals surface area contributed by atoms with Gasteiger partial charge in [0.1, 0.15) is 5.41 Å². The lowest BCUT2D eigenvalue weighted by molar-refractivity contribution is -0.148. The lowest BCUT2D eigenvalue weighted by Gasteiger charge is -2.44. The molecule has 2 fully saturated rings. The van der Waals surface area contributed by atoms with E-state index in [-0.39, 0.29) is 11.8 Å². The normalized spacial score (nSPS) is 21.0. The Morgan fingerprint density at radius 1 is 1.29 bits per heavy atom. The zero-order valence-electron chi connectivity index (χ0n) is 13.0. The first-order chi connectivity index (χ1) is 11.4. The second-order valence-corrected chi connectivity index (χ2v) is 6.34. The van der Waals surface area contributed by atoms with Crippen LogP contribution in [-0.4, -0.2) is 37.1 Å². The lowest BCUT2D eigenvalue weighted by atomic mass is 9.78. The number of ether oxygens (including phenoxy) is 1. The number of nitrogens with zero attached hydrogens (tertiary/aromatic N) is 2. The molecule has 2 saturated heterocycles. The van der Waals surface area contributed by atoms with Crippen LogP contribution in [0.15, 0.2) is 24.3 Å². The molecule has 2 aliphatic rings. The Morgan fingerprint density at radius 2 is 1.96 bits per heavy atom. The Bertz CT molecular complexity index is 669. The highest BCUT2D eigenvalue weighted by atomic mass is 19.4. The largest absolute Gasteiger partial charge is 0.416 e. The van der Waals surface area contributed by atoms with Crippen molar-refractivity contribution in [1.29, 1.82) is 5.26 Å². The Balaban J connectivity index is 1.67. The van der Waals surface area contributed by atoms with E-state index in [0.29, 0.717) is 44.7 Å². The average molecular weight is 338 g/mol. The summed E-state index contributed by atoms with van der Waals surface area (Å²) in [6.07, 6.45) is -3.64. The lowest BCUT2D eigenvalue weighted by Crippen LogP contribution is -2.55. The highest BCUT2D eigenvalue weighted by Crippen LogP contribution is 2.38. The summed E-state index contributed by atoms with van der Waals surface area (Å²) in [6.45, 7) is 1.46. The molecule has 0 bridgehead atoms. The number of amides is 1. The number of benzene rings is 1. The van der Waals surface area contributed by atoms with Crippen molar-refractivity contribution in [2.24, 2.45) is 5.41 Å². The number of alkyl halides is 3. The SMILES string of the molecule is N#CC1(C(=O)N2CC(c3cccc(C(F)(F)F)c3)C2)CCOCC1. The number of rotatable bonds is 2. The Morgan fingerprint density at radius 3 is 2.54 bits per heavy atom. The van der Waals surface area contributed by atoms with Gasteiger partial charge in [-0.2, -0.15) is 18.4 Å². The molecule has 0 aromatic heterocycles. The number of carbonyl (C=O) groups excluding carboxylic acids is 1. The molecule has 0 atom stereocenters. The molecule has 0 saturated carbocycles. The highest BCUT2D eigenvalue weighted by molar-refractivity contribution is 5.86. The van der Waals surface area contributed by atoms with E-state index in [1.165, 1.54) is 6.07 Å². The molecule has 2 aliphatic heterocycles. The molecule has 0 aliphatic carbocycles. The maximum Gasteiger partial charge on any atom is 0.416 e. The molecule has 1 aromatic carbocycles. The fourth-order valence-corrected chi connectivity index (χ4v) is 3.22. The van der Waals surface area contributed by atoms with Crippen molar-refractivity contribution >= 4 is 5.91 Å². The summed E-state index contributed by atoms with van der Waals surface area (Å²) < 4.78 is 43.6. The second kappa shape index (κ2) is 6.10. The zero-order valence-corrected chi connectivity index (χ0v) is 13.0. The molecule has 7 heteroatoms. The second-order valence-electron chi connectivity index (χ2n) is 6.34. The van der Waals surface area contributed by atoms with Crippen molar-refractivity contribution in [3.8, 4) is 6.07 Å². The minimum Gasteiger partial charge on any atom is -0.381 e. The van der Waals surface area contributed by atoms with Gasteiger partial charge in [0, 0.05) is 32.2 Å². The molecule has 0 unspecified atom stereocenters. The summed E-state index contributed by atoms with van der Waals surface area (Å²) in [5, 5.41) is 9.41. The topological polar surface area (TPSA) is 53.3 Å². The van der Waals surface area contributed by atoms with Crippen LogP contribution in [0.3, 0.4) is 0 Å². The maximum absolute atomic E-state index is 12.8. The van der Waals surface area contributed by atoms with Gasteiger partial charge in [-0.3, -0.25) is 4.79 Å². The van der Waals surface area contributed by atoms with E-state index in [0.717, 1.165) is 12.1 Å². The summed E-state index contributed by atoms with van der Waals surface area (Å²) in [7, 11) is 0. The molecule has 1 aromatic rings. The van der Waals surface area contributed by atoms with Crippen LogP contribution in [0.2, 0.25) is 0 Å². The first-order valence-electron chi connectivity index (χ1n) is 7.81. The van der Waals surface area contributed by atoms with Crippen LogP contribution in [0.1, 0.15) is 29.9 Å². The van der Waals surface area contributed by atoms with Gasteiger partial charge in [0.2, 0.25) is 5.91 Å². The molecule has 4 nitrogen and oxygen atoms in total. The van der Waals surface area contributed by atoms with Crippen molar-refractivity contribution in [2.75, 3.05) is 26.3 Å². The number of halogens is 3. The number of carbonyl (C=O) groups is 1. The molecular formula is C17H17F3N2O2. The minimum atomic E-state index is -4.37. The van der Waals surface area contributed by atoms with Gasteiger partial charge in [0.05, 0.1) is 11.6 Å². The number of likely N-dealkylation sites (tertiary alicyclic amines) is 1. The quantitative estimate of drug-likeness (QED) is 0.833. The van der Waals surface area contributed by atoms with Crippen LogP contribution < -0.4 is 0 Å². The summed E-state index contributed by atoms with van der Waals surface area (Å²) in [4.78, 5) is 14.2. The van der Waals surface area contributed by atoms with Gasteiger partial charge in [-0.05, 0) is 24.5 Å². The third-order valence-electron chi connectivity index (χ3n) is 4.82. The predicted octanol–water partition coefficient (Wildman–Crippen LogP) is 2.95. The molecule has 0 radical (unpaired) electrons. The Labute approximate surface area is 137 Å². The molecule has 1 amide bonds. The van der Waals surface area contributed by atoms with E-state index in [4.69, 9.17) is 4.74 Å². The minimum absolute atomic E-state index is 0.119. The molecular weight excluding hydrogens is 321 g/mol. The fraction of sp³-hybridized carbons (Fsp3) is 0.529. The Kier molecular flexibility index (Phi) is 4.26. The van der Waals surface area contributed by atoms with E-state index < -0.39 is 17.2 Å². The van der Waals surface area contributed by atoms with Crippen LogP contribution in [0.5, 0.6) is 0 Å². The monoisotopic (exact) mass is 338 g/mol. The van der Waals surface area contributed by atoms with Gasteiger partial charge in [0.25, 0.3) is 0 Å². The summed E-state index contributed by atoms with van der Waals surface area (Å²) in [5.41, 5.74) is -1.15. The van der Waals surface area contributed by atoms with Gasteiger partial charge < -0.3 is 9.64 Å². The number of hydrogen-bond donors (Lipinski definition) is 0. The van der Waals surface area contributed by atoms with Crippen LogP contribution in [0.4, 0.5) is 13.2 Å². The first kappa shape index (κ1) is 16.8. The van der Waals surface area contributed by atoms with Crippen molar-refractivity contribution in [3.63, 3.8) is 0 Å². The molecule has 2 heterocycles. The molecule has 128 valence electrons. The summed E-state index contributed by atoms with van der Waals surface area (Å²) in [6, 6.07) is 7.35. The van der Waals surface area contributed by atoms with Gasteiger partial charge in [-0.15, -0.1) is 0 Å².